The molecule has 0 aromatic heterocycles. The molecule has 0 aliphatic carbocycles. The number of piperazine rings is 1. The highest BCUT2D eigenvalue weighted by atomic mass is 35.5. The molecule has 0 atom stereocenters. The van der Waals surface area contributed by atoms with Crippen molar-refractivity contribution in [2.45, 2.75) is 0 Å². The molecule has 0 bridgehead atoms. The predicted octanol–water partition coefficient (Wildman–Crippen LogP) is 1.29. The lowest BCUT2D eigenvalue weighted by molar-refractivity contribution is 0.0735. The van der Waals surface area contributed by atoms with E-state index in [1.165, 1.54) is 12.1 Å². The third-order valence-electron chi connectivity index (χ3n) is 2.48. The molecule has 1 aromatic carbocycles. The molecule has 0 unspecified atom stereocenters. The Balaban J connectivity index is 0.00000128. The van der Waals surface area contributed by atoms with E-state index >= 15 is 0 Å². The first-order valence-electron chi connectivity index (χ1n) is 5.03. The number of carbonyl (C=O) groups excluding carboxylic acids is 1. The normalized spacial score (nSPS) is 15.4. The van der Waals surface area contributed by atoms with E-state index in [1.807, 2.05) is 0 Å². The highest BCUT2D eigenvalue weighted by molar-refractivity contribution is 5.94. The van der Waals surface area contributed by atoms with E-state index in [9.17, 15) is 9.18 Å². The van der Waals surface area contributed by atoms with Gasteiger partial charge in [0, 0.05) is 31.7 Å². The van der Waals surface area contributed by atoms with Gasteiger partial charge in [-0.05, 0) is 18.2 Å². The number of nitrogens with zero attached hydrogens (tertiary/aromatic N) is 1. The van der Waals surface area contributed by atoms with E-state index in [-0.39, 0.29) is 24.1 Å². The maximum absolute atomic E-state index is 12.9. The highest BCUT2D eigenvalue weighted by Gasteiger charge is 2.17. The van der Waals surface area contributed by atoms with Gasteiger partial charge in [0.05, 0.1) is 0 Å². The fraction of sp³-hybridized carbons (Fsp3) is 0.364. The van der Waals surface area contributed by atoms with E-state index in [2.05, 4.69) is 5.32 Å². The van der Waals surface area contributed by atoms with Gasteiger partial charge in [0.1, 0.15) is 5.82 Å². The molecule has 1 amide bonds. The summed E-state index contributed by atoms with van der Waals surface area (Å²) >= 11 is 0. The summed E-state index contributed by atoms with van der Waals surface area (Å²) in [6, 6.07) is 5.83. The average molecular weight is 245 g/mol. The average Bonchev–Trinajstić information content (AvgIpc) is 2.29. The van der Waals surface area contributed by atoms with Gasteiger partial charge in [-0.3, -0.25) is 4.79 Å². The molecule has 5 heteroatoms. The topological polar surface area (TPSA) is 32.3 Å². The Labute approximate surface area is 100 Å². The number of benzene rings is 1. The second-order valence-electron chi connectivity index (χ2n) is 3.55. The number of hydrogen-bond acceptors (Lipinski definition) is 2. The molecule has 1 N–H and O–H groups in total. The van der Waals surface area contributed by atoms with Gasteiger partial charge in [-0.25, -0.2) is 4.39 Å². The van der Waals surface area contributed by atoms with Crippen LogP contribution in [0.3, 0.4) is 0 Å². The summed E-state index contributed by atoms with van der Waals surface area (Å²) in [5, 5.41) is 3.16. The molecule has 88 valence electrons. The number of nitrogens with one attached hydrogen (secondary N) is 1. The largest absolute Gasteiger partial charge is 0.336 e. The molecule has 2 rings (SSSR count). The van der Waals surface area contributed by atoms with Crippen molar-refractivity contribution in [3.05, 3.63) is 35.6 Å². The van der Waals surface area contributed by atoms with Crippen LogP contribution in [-0.4, -0.2) is 37.0 Å². The second-order valence-corrected chi connectivity index (χ2v) is 3.55. The maximum atomic E-state index is 12.9. The van der Waals surface area contributed by atoms with Crippen molar-refractivity contribution in [1.82, 2.24) is 10.2 Å². The zero-order valence-electron chi connectivity index (χ0n) is 8.78. The number of hydrogen-bond donors (Lipinski definition) is 1. The van der Waals surface area contributed by atoms with Crippen LogP contribution in [-0.2, 0) is 0 Å². The van der Waals surface area contributed by atoms with Gasteiger partial charge in [0.15, 0.2) is 0 Å². The van der Waals surface area contributed by atoms with E-state index < -0.39 is 0 Å². The van der Waals surface area contributed by atoms with E-state index in [4.69, 9.17) is 0 Å². The van der Waals surface area contributed by atoms with Crippen molar-refractivity contribution < 1.29 is 9.18 Å². The van der Waals surface area contributed by atoms with Crippen LogP contribution in [0.2, 0.25) is 0 Å². The van der Waals surface area contributed by atoms with Crippen LogP contribution in [0, 0.1) is 5.82 Å². The molecule has 1 aromatic rings. The lowest BCUT2D eigenvalue weighted by atomic mass is 10.2. The van der Waals surface area contributed by atoms with Gasteiger partial charge < -0.3 is 10.2 Å². The third-order valence-corrected chi connectivity index (χ3v) is 2.48. The van der Waals surface area contributed by atoms with E-state index in [0.29, 0.717) is 18.7 Å². The summed E-state index contributed by atoms with van der Waals surface area (Å²) < 4.78 is 12.9. The molecular weight excluding hydrogens is 231 g/mol. The lowest BCUT2D eigenvalue weighted by Crippen LogP contribution is -2.46. The van der Waals surface area contributed by atoms with Crippen LogP contribution < -0.4 is 5.32 Å². The van der Waals surface area contributed by atoms with Crippen LogP contribution in [0.1, 0.15) is 10.4 Å². The zero-order chi connectivity index (χ0) is 10.7. The number of carbonyl (C=O) groups is 1. The maximum Gasteiger partial charge on any atom is 0.254 e. The zero-order valence-corrected chi connectivity index (χ0v) is 9.60. The SMILES string of the molecule is Cl.O=C(c1cccc(F)c1)N1CCNCC1. The van der Waals surface area contributed by atoms with Crippen LogP contribution in [0.25, 0.3) is 0 Å². The molecule has 3 nitrogen and oxygen atoms in total. The van der Waals surface area contributed by atoms with Crippen LogP contribution >= 0.6 is 12.4 Å². The Kier molecular flexibility index (Phi) is 4.71. The molecule has 16 heavy (non-hydrogen) atoms. The van der Waals surface area contributed by atoms with Crippen molar-refractivity contribution in [1.29, 1.82) is 0 Å². The first-order chi connectivity index (χ1) is 7.27. The van der Waals surface area contributed by atoms with Crippen LogP contribution in [0.15, 0.2) is 24.3 Å². The summed E-state index contributed by atoms with van der Waals surface area (Å²) in [5.41, 5.74) is 0.428. The van der Waals surface area contributed by atoms with Gasteiger partial charge >= 0.3 is 0 Å². The molecule has 0 radical (unpaired) electrons. The van der Waals surface area contributed by atoms with Crippen molar-refractivity contribution in [2.24, 2.45) is 0 Å². The number of rotatable bonds is 1. The minimum atomic E-state index is -0.365. The molecule has 1 heterocycles. The second kappa shape index (κ2) is 5.82. The Morgan fingerprint density at radius 2 is 2.00 bits per heavy atom. The standard InChI is InChI=1S/C11H13FN2O.ClH/c12-10-3-1-2-9(8-10)11(15)14-6-4-13-5-7-14;/h1-3,8,13H,4-7H2;1H. The van der Waals surface area contributed by atoms with Gasteiger partial charge in [-0.1, -0.05) is 6.07 Å². The first kappa shape index (κ1) is 12.9. The fourth-order valence-electron chi connectivity index (χ4n) is 1.67. The van der Waals surface area contributed by atoms with Crippen LogP contribution in [0.5, 0.6) is 0 Å². The van der Waals surface area contributed by atoms with E-state index in [0.717, 1.165) is 13.1 Å². The molecule has 0 spiro atoms. The van der Waals surface area contributed by atoms with Crippen molar-refractivity contribution in [3.8, 4) is 0 Å². The van der Waals surface area contributed by atoms with Crippen molar-refractivity contribution in [2.75, 3.05) is 26.2 Å². The Morgan fingerprint density at radius 3 is 2.62 bits per heavy atom. The van der Waals surface area contributed by atoms with Gasteiger partial charge in [-0.15, -0.1) is 12.4 Å². The predicted molar refractivity (Wildman–Crippen MR) is 62.4 cm³/mol. The summed E-state index contributed by atoms with van der Waals surface area (Å²) in [4.78, 5) is 13.6. The summed E-state index contributed by atoms with van der Waals surface area (Å²) in [6.45, 7) is 2.99. The minimum absolute atomic E-state index is 0. The van der Waals surface area contributed by atoms with Gasteiger partial charge in [0.25, 0.3) is 5.91 Å². The Morgan fingerprint density at radius 1 is 1.31 bits per heavy atom. The molecule has 1 aliphatic heterocycles. The molecular formula is C11H14ClFN2O. The third kappa shape index (κ3) is 2.93. The van der Waals surface area contributed by atoms with E-state index in [1.54, 1.807) is 17.0 Å². The summed E-state index contributed by atoms with van der Waals surface area (Å²) in [6.07, 6.45) is 0. The number of halogens is 2. The van der Waals surface area contributed by atoms with Crippen molar-refractivity contribution >= 4 is 18.3 Å². The smallest absolute Gasteiger partial charge is 0.254 e. The quantitative estimate of drug-likeness (QED) is 0.808. The molecule has 1 fully saturated rings. The first-order valence-corrected chi connectivity index (χ1v) is 5.03. The highest BCUT2D eigenvalue weighted by Crippen LogP contribution is 2.07. The Bertz CT molecular complexity index is 367. The molecule has 1 saturated heterocycles. The van der Waals surface area contributed by atoms with Crippen molar-refractivity contribution in [3.63, 3.8) is 0 Å². The number of amides is 1. The van der Waals surface area contributed by atoms with Gasteiger partial charge in [-0.2, -0.15) is 0 Å². The van der Waals surface area contributed by atoms with Crippen LogP contribution in [0.4, 0.5) is 4.39 Å². The minimum Gasteiger partial charge on any atom is -0.336 e. The lowest BCUT2D eigenvalue weighted by Gasteiger charge is -2.27. The monoisotopic (exact) mass is 244 g/mol. The summed E-state index contributed by atoms with van der Waals surface area (Å²) in [5.74, 6) is -0.452. The molecule has 1 aliphatic rings. The molecule has 0 saturated carbocycles. The van der Waals surface area contributed by atoms with Gasteiger partial charge in [0.2, 0.25) is 0 Å². The Hall–Kier alpha value is -1.13. The fourth-order valence-corrected chi connectivity index (χ4v) is 1.67. The summed E-state index contributed by atoms with van der Waals surface area (Å²) in [7, 11) is 0.